The molecule has 0 heterocycles. The molecule has 0 atom stereocenters. The Morgan fingerprint density at radius 2 is 1.48 bits per heavy atom. The summed E-state index contributed by atoms with van der Waals surface area (Å²) in [5.41, 5.74) is 4.44. The Morgan fingerprint density at radius 3 is 2.12 bits per heavy atom. The zero-order valence-electron chi connectivity index (χ0n) is 18.7. The number of rotatable bonds is 9. The minimum absolute atomic E-state index is 0.110. The molecule has 0 aromatic heterocycles. The molecule has 2 amide bonds. The van der Waals surface area contributed by atoms with Gasteiger partial charge < -0.3 is 25.4 Å². The highest BCUT2D eigenvalue weighted by atomic mass is 79.9. The average Bonchev–Trinajstić information content (AvgIpc) is 2.79. The van der Waals surface area contributed by atoms with E-state index in [1.165, 1.54) is 6.92 Å². The van der Waals surface area contributed by atoms with Crippen LogP contribution in [0.4, 0.5) is 17.1 Å². The lowest BCUT2D eigenvalue weighted by Crippen LogP contribution is -2.20. The van der Waals surface area contributed by atoms with Crippen molar-refractivity contribution in [2.45, 2.75) is 20.4 Å². The Balaban J connectivity index is 1.59. The number of carbonyl (C=O) groups is 2. The summed E-state index contributed by atoms with van der Waals surface area (Å²) in [5, 5.41) is 8.88. The second-order valence-corrected chi connectivity index (χ2v) is 8.26. The molecule has 33 heavy (non-hydrogen) atoms. The first-order valence-corrected chi connectivity index (χ1v) is 11.1. The number of anilines is 3. The third-order valence-corrected chi connectivity index (χ3v) is 5.45. The molecule has 0 aliphatic carbocycles. The molecule has 0 fully saturated rings. The van der Waals surface area contributed by atoms with Crippen molar-refractivity contribution in [2.75, 3.05) is 29.7 Å². The highest BCUT2D eigenvalue weighted by Crippen LogP contribution is 2.34. The fourth-order valence-electron chi connectivity index (χ4n) is 3.03. The third-order valence-electron chi connectivity index (χ3n) is 4.71. The fraction of sp³-hybridized carbons (Fsp3) is 0.200. The summed E-state index contributed by atoms with van der Waals surface area (Å²) >= 11 is 3.57. The van der Waals surface area contributed by atoms with Gasteiger partial charge in [-0.15, -0.1) is 0 Å². The van der Waals surface area contributed by atoms with Gasteiger partial charge in [-0.3, -0.25) is 9.59 Å². The molecule has 0 spiro atoms. The number of nitrogens with one attached hydrogen (secondary N) is 3. The van der Waals surface area contributed by atoms with Gasteiger partial charge in [0.25, 0.3) is 5.91 Å². The van der Waals surface area contributed by atoms with Crippen molar-refractivity contribution in [2.24, 2.45) is 0 Å². The monoisotopic (exact) mass is 511 g/mol. The van der Waals surface area contributed by atoms with E-state index in [9.17, 15) is 9.59 Å². The van der Waals surface area contributed by atoms with E-state index >= 15 is 0 Å². The molecule has 0 saturated carbocycles. The summed E-state index contributed by atoms with van der Waals surface area (Å²) in [6, 6.07) is 18.6. The summed E-state index contributed by atoms with van der Waals surface area (Å²) in [6.45, 7) is 3.85. The largest absolute Gasteiger partial charge is 0.493 e. The van der Waals surface area contributed by atoms with E-state index in [1.54, 1.807) is 13.2 Å². The molecule has 3 N–H and O–H groups in total. The van der Waals surface area contributed by atoms with E-state index in [-0.39, 0.29) is 18.4 Å². The van der Waals surface area contributed by atoms with Gasteiger partial charge in [-0.25, -0.2) is 0 Å². The summed E-state index contributed by atoms with van der Waals surface area (Å²) in [7, 11) is 1.56. The van der Waals surface area contributed by atoms with Crippen molar-refractivity contribution in [3.63, 3.8) is 0 Å². The van der Waals surface area contributed by atoms with Gasteiger partial charge in [0.1, 0.15) is 0 Å². The number of ether oxygens (including phenoxy) is 2. The summed E-state index contributed by atoms with van der Waals surface area (Å²) in [6.07, 6.45) is 0. The molecule has 0 radical (unpaired) electrons. The number of amides is 2. The zero-order chi connectivity index (χ0) is 23.8. The fourth-order valence-corrected chi connectivity index (χ4v) is 3.50. The number of carbonyl (C=O) groups excluding carboxylic acids is 2. The van der Waals surface area contributed by atoms with Gasteiger partial charge in [0.05, 0.1) is 7.11 Å². The van der Waals surface area contributed by atoms with Gasteiger partial charge in [-0.2, -0.15) is 0 Å². The minimum Gasteiger partial charge on any atom is -0.493 e. The van der Waals surface area contributed by atoms with Crippen LogP contribution in [0.2, 0.25) is 0 Å². The van der Waals surface area contributed by atoms with Gasteiger partial charge in [0.2, 0.25) is 5.91 Å². The lowest BCUT2D eigenvalue weighted by Gasteiger charge is -2.15. The van der Waals surface area contributed by atoms with E-state index in [0.717, 1.165) is 27.0 Å². The van der Waals surface area contributed by atoms with E-state index in [2.05, 4.69) is 31.9 Å². The summed E-state index contributed by atoms with van der Waals surface area (Å²) < 4.78 is 12.0. The molecule has 0 bridgehead atoms. The molecule has 3 aromatic rings. The molecule has 0 aliphatic heterocycles. The van der Waals surface area contributed by atoms with Crippen LogP contribution in [0.15, 0.2) is 65.1 Å². The number of hydrogen-bond donors (Lipinski definition) is 3. The first kappa shape index (κ1) is 24.1. The van der Waals surface area contributed by atoms with Crippen LogP contribution in [0.1, 0.15) is 18.1 Å². The first-order chi connectivity index (χ1) is 15.8. The first-order valence-electron chi connectivity index (χ1n) is 10.3. The van der Waals surface area contributed by atoms with Crippen LogP contribution < -0.4 is 25.4 Å². The molecule has 172 valence electrons. The standard InChI is InChI=1S/C25H26BrN3O4/c1-16-4-6-21(7-5-16)29-25(31)15-33-24-13-22(26)18(12-23(24)32-3)14-27-19-8-10-20(11-9-19)28-17(2)30/h4-13,27H,14-15H2,1-3H3,(H,28,30)(H,29,31). The highest BCUT2D eigenvalue weighted by Gasteiger charge is 2.12. The molecule has 3 aromatic carbocycles. The second-order valence-electron chi connectivity index (χ2n) is 7.41. The van der Waals surface area contributed by atoms with Crippen molar-refractivity contribution >= 4 is 44.8 Å². The Morgan fingerprint density at radius 1 is 0.879 bits per heavy atom. The maximum absolute atomic E-state index is 12.2. The molecule has 3 rings (SSSR count). The van der Waals surface area contributed by atoms with Crippen LogP contribution in [0.3, 0.4) is 0 Å². The van der Waals surface area contributed by atoms with Crippen LogP contribution in [0.5, 0.6) is 11.5 Å². The molecular weight excluding hydrogens is 486 g/mol. The van der Waals surface area contributed by atoms with E-state index in [4.69, 9.17) is 9.47 Å². The van der Waals surface area contributed by atoms with Gasteiger partial charge in [-0.05, 0) is 61.0 Å². The Kier molecular flexibility index (Phi) is 8.32. The summed E-state index contributed by atoms with van der Waals surface area (Å²) in [5.74, 6) is 0.623. The van der Waals surface area contributed by atoms with Gasteiger partial charge in [-0.1, -0.05) is 33.6 Å². The molecule has 8 heteroatoms. The number of benzene rings is 3. The third kappa shape index (κ3) is 7.25. The van der Waals surface area contributed by atoms with E-state index < -0.39 is 0 Å². The number of halogens is 1. The summed E-state index contributed by atoms with van der Waals surface area (Å²) in [4.78, 5) is 23.4. The number of hydrogen-bond acceptors (Lipinski definition) is 5. The average molecular weight is 512 g/mol. The predicted molar refractivity (Wildman–Crippen MR) is 134 cm³/mol. The smallest absolute Gasteiger partial charge is 0.262 e. The lowest BCUT2D eigenvalue weighted by atomic mass is 10.2. The predicted octanol–water partition coefficient (Wildman–Crippen LogP) is 5.35. The van der Waals surface area contributed by atoms with Gasteiger partial charge >= 0.3 is 0 Å². The van der Waals surface area contributed by atoms with Crippen molar-refractivity contribution in [3.05, 3.63) is 76.3 Å². The van der Waals surface area contributed by atoms with Gasteiger partial charge in [0.15, 0.2) is 18.1 Å². The van der Waals surface area contributed by atoms with E-state index in [0.29, 0.717) is 23.7 Å². The second kappa shape index (κ2) is 11.4. The van der Waals surface area contributed by atoms with Crippen LogP contribution in [0, 0.1) is 6.92 Å². The quantitative estimate of drug-likeness (QED) is 0.360. The van der Waals surface area contributed by atoms with Crippen LogP contribution in [-0.2, 0) is 16.1 Å². The minimum atomic E-state index is -0.259. The van der Waals surface area contributed by atoms with Crippen molar-refractivity contribution in [3.8, 4) is 11.5 Å². The molecule has 7 nitrogen and oxygen atoms in total. The van der Waals surface area contributed by atoms with Crippen molar-refractivity contribution in [1.29, 1.82) is 0 Å². The normalized spacial score (nSPS) is 10.3. The van der Waals surface area contributed by atoms with Crippen LogP contribution in [-0.4, -0.2) is 25.5 Å². The molecule has 0 unspecified atom stereocenters. The molecule has 0 saturated heterocycles. The van der Waals surface area contributed by atoms with Crippen molar-refractivity contribution < 1.29 is 19.1 Å². The number of aryl methyl sites for hydroxylation is 1. The Labute approximate surface area is 201 Å². The molecular formula is C25H26BrN3O4. The zero-order valence-corrected chi connectivity index (χ0v) is 20.3. The lowest BCUT2D eigenvalue weighted by molar-refractivity contribution is -0.118. The van der Waals surface area contributed by atoms with E-state index in [1.807, 2.05) is 61.5 Å². The SMILES string of the molecule is COc1cc(CNc2ccc(NC(C)=O)cc2)c(Br)cc1OCC(=O)Nc1ccc(C)cc1. The Bertz CT molecular complexity index is 1120. The van der Waals surface area contributed by atoms with Crippen molar-refractivity contribution in [1.82, 2.24) is 0 Å². The maximum atomic E-state index is 12.2. The van der Waals surface area contributed by atoms with Gasteiger partial charge in [0, 0.05) is 35.0 Å². The maximum Gasteiger partial charge on any atom is 0.262 e. The Hall–Kier alpha value is -3.52. The van der Waals surface area contributed by atoms with Crippen LogP contribution in [0.25, 0.3) is 0 Å². The highest BCUT2D eigenvalue weighted by molar-refractivity contribution is 9.10. The number of methoxy groups -OCH3 is 1. The molecule has 0 aliphatic rings. The van der Waals surface area contributed by atoms with Crippen LogP contribution >= 0.6 is 15.9 Å². The topological polar surface area (TPSA) is 88.7 Å².